The normalized spacial score (nSPS) is 25.5. The molecule has 0 amide bonds. The number of nitrogens with zero attached hydrogens (tertiary/aromatic N) is 4. The molecule has 3 rings (SSSR count). The fourth-order valence-electron chi connectivity index (χ4n) is 2.64. The minimum absolute atomic E-state index is 0.163. The fourth-order valence-corrected chi connectivity index (χ4v) is 2.82. The van der Waals surface area contributed by atoms with Crippen molar-refractivity contribution in [1.82, 2.24) is 19.5 Å². The fraction of sp³-hybridized carbons (Fsp3) is 0.400. The Morgan fingerprint density at radius 3 is 2.56 bits per heavy atom. The zero-order valence-electron chi connectivity index (χ0n) is 13.2. The first-order valence-corrected chi connectivity index (χ1v) is 7.59. The molecule has 25 heavy (non-hydrogen) atoms. The van der Waals surface area contributed by atoms with Gasteiger partial charge in [0.1, 0.15) is 11.8 Å². The molecule has 0 spiro atoms. The average molecular weight is 365 g/mol. The van der Waals surface area contributed by atoms with Crippen LogP contribution < -0.4 is 0 Å². The Kier molecular flexibility index (Phi) is 4.57. The minimum atomic E-state index is -0.978. The van der Waals surface area contributed by atoms with Gasteiger partial charge in [0, 0.05) is 13.8 Å². The highest BCUT2D eigenvalue weighted by molar-refractivity contribution is 6.33. The van der Waals surface area contributed by atoms with Crippen LogP contribution in [-0.2, 0) is 23.8 Å². The summed E-state index contributed by atoms with van der Waals surface area (Å²) in [6.07, 6.45) is 4.39. The van der Waals surface area contributed by atoms with E-state index in [-0.39, 0.29) is 5.15 Å². The van der Waals surface area contributed by atoms with E-state index in [1.165, 1.54) is 31.1 Å². The molecule has 130 valence electrons. The summed E-state index contributed by atoms with van der Waals surface area (Å²) in [5.74, 6) is 1.24. The number of aromatic nitrogens is 4. The molecule has 2 aromatic rings. The van der Waals surface area contributed by atoms with Gasteiger partial charge in [0.2, 0.25) is 0 Å². The second-order valence-corrected chi connectivity index (χ2v) is 5.61. The summed E-state index contributed by atoms with van der Waals surface area (Å²) in [7, 11) is 0. The highest BCUT2D eigenvalue weighted by Gasteiger charge is 2.50. The molecule has 0 N–H and O–H groups in total. The summed E-state index contributed by atoms with van der Waals surface area (Å²) in [6.45, 7) is 2.46. The Morgan fingerprint density at radius 2 is 1.92 bits per heavy atom. The molecule has 0 radical (unpaired) electrons. The maximum Gasteiger partial charge on any atom is 0.303 e. The van der Waals surface area contributed by atoms with Crippen LogP contribution >= 0.6 is 11.6 Å². The second kappa shape index (κ2) is 6.66. The number of hydrogen-bond acceptors (Lipinski definition) is 8. The quantitative estimate of drug-likeness (QED) is 0.449. The number of terminal acetylenes is 1. The number of ether oxygens (including phenoxy) is 3. The van der Waals surface area contributed by atoms with Crippen molar-refractivity contribution in [2.24, 2.45) is 0 Å². The summed E-state index contributed by atoms with van der Waals surface area (Å²) < 4.78 is 17.8. The number of imidazole rings is 1. The van der Waals surface area contributed by atoms with E-state index < -0.39 is 36.5 Å². The van der Waals surface area contributed by atoms with Crippen molar-refractivity contribution in [1.29, 1.82) is 0 Å². The van der Waals surface area contributed by atoms with Gasteiger partial charge in [0.25, 0.3) is 0 Å². The summed E-state index contributed by atoms with van der Waals surface area (Å²) in [6, 6.07) is 0. The molecule has 2 aromatic heterocycles. The maximum atomic E-state index is 11.5. The van der Waals surface area contributed by atoms with Gasteiger partial charge in [-0.05, 0) is 0 Å². The molecule has 9 nitrogen and oxygen atoms in total. The Morgan fingerprint density at radius 1 is 1.24 bits per heavy atom. The van der Waals surface area contributed by atoms with Gasteiger partial charge in [-0.3, -0.25) is 14.2 Å². The predicted molar refractivity (Wildman–Crippen MR) is 84.2 cm³/mol. The molecule has 1 aliphatic rings. The van der Waals surface area contributed by atoms with E-state index in [4.69, 9.17) is 32.2 Å². The van der Waals surface area contributed by atoms with E-state index in [0.717, 1.165) is 0 Å². The van der Waals surface area contributed by atoms with E-state index in [1.807, 2.05) is 0 Å². The minimum Gasteiger partial charge on any atom is -0.455 e. The molecule has 10 heteroatoms. The molecule has 4 atom stereocenters. The van der Waals surface area contributed by atoms with Crippen LogP contribution in [-0.4, -0.2) is 49.8 Å². The Labute approximate surface area is 147 Å². The van der Waals surface area contributed by atoms with Crippen LogP contribution in [0.3, 0.4) is 0 Å². The first kappa shape index (κ1) is 17.1. The van der Waals surface area contributed by atoms with Gasteiger partial charge in [-0.15, -0.1) is 6.42 Å². The molecular weight excluding hydrogens is 352 g/mol. The van der Waals surface area contributed by atoms with E-state index in [2.05, 4.69) is 20.9 Å². The molecule has 1 saturated heterocycles. The van der Waals surface area contributed by atoms with Crippen molar-refractivity contribution < 1.29 is 23.8 Å². The van der Waals surface area contributed by atoms with Gasteiger partial charge < -0.3 is 14.2 Å². The highest BCUT2D eigenvalue weighted by atomic mass is 35.5. The maximum absolute atomic E-state index is 11.5. The zero-order chi connectivity index (χ0) is 18.1. The number of carbonyl (C=O) groups excluding carboxylic acids is 2. The van der Waals surface area contributed by atoms with E-state index in [9.17, 15) is 9.59 Å². The van der Waals surface area contributed by atoms with Gasteiger partial charge in [-0.2, -0.15) is 0 Å². The van der Waals surface area contributed by atoms with Crippen LogP contribution in [0.15, 0.2) is 12.7 Å². The van der Waals surface area contributed by atoms with Crippen molar-refractivity contribution in [2.75, 3.05) is 0 Å². The summed E-state index contributed by atoms with van der Waals surface area (Å²) in [5, 5.41) is 0.163. The Balaban J connectivity index is 2.06. The van der Waals surface area contributed by atoms with Crippen LogP contribution in [0.4, 0.5) is 0 Å². The SMILES string of the molecule is C#CC1OC(n2cnc3c(Cl)ncnc32)C(OC(C)=O)C1OC(C)=O. The lowest BCUT2D eigenvalue weighted by Gasteiger charge is -2.23. The molecule has 3 heterocycles. The van der Waals surface area contributed by atoms with Gasteiger partial charge in [-0.25, -0.2) is 15.0 Å². The van der Waals surface area contributed by atoms with Crippen molar-refractivity contribution in [3.63, 3.8) is 0 Å². The third-order valence-electron chi connectivity index (χ3n) is 3.55. The third-order valence-corrected chi connectivity index (χ3v) is 3.82. The Hall–Kier alpha value is -2.70. The number of hydrogen-bond donors (Lipinski definition) is 0. The van der Waals surface area contributed by atoms with Crippen LogP contribution in [0.5, 0.6) is 0 Å². The Bertz CT molecular complexity index is 876. The molecule has 0 saturated carbocycles. The second-order valence-electron chi connectivity index (χ2n) is 5.25. The lowest BCUT2D eigenvalue weighted by atomic mass is 10.1. The van der Waals surface area contributed by atoms with Gasteiger partial charge in [-0.1, -0.05) is 17.5 Å². The van der Waals surface area contributed by atoms with E-state index >= 15 is 0 Å². The molecule has 1 aliphatic heterocycles. The van der Waals surface area contributed by atoms with Crippen molar-refractivity contribution in [3.8, 4) is 12.3 Å². The smallest absolute Gasteiger partial charge is 0.303 e. The molecule has 0 aromatic carbocycles. The number of carbonyl (C=O) groups is 2. The molecule has 0 bridgehead atoms. The van der Waals surface area contributed by atoms with Gasteiger partial charge in [0.15, 0.2) is 35.3 Å². The van der Waals surface area contributed by atoms with Gasteiger partial charge in [0.05, 0.1) is 6.33 Å². The van der Waals surface area contributed by atoms with Crippen molar-refractivity contribution in [3.05, 3.63) is 17.8 Å². The predicted octanol–water partition coefficient (Wildman–Crippen LogP) is 0.874. The van der Waals surface area contributed by atoms with Crippen molar-refractivity contribution in [2.45, 2.75) is 38.4 Å². The van der Waals surface area contributed by atoms with Crippen LogP contribution in [0.25, 0.3) is 11.2 Å². The first-order chi connectivity index (χ1) is 11.9. The molecule has 0 aliphatic carbocycles. The van der Waals surface area contributed by atoms with E-state index in [1.54, 1.807) is 0 Å². The molecular formula is C15H13ClN4O5. The highest BCUT2D eigenvalue weighted by Crippen LogP contribution is 2.35. The van der Waals surface area contributed by atoms with Crippen LogP contribution in [0.2, 0.25) is 5.15 Å². The van der Waals surface area contributed by atoms with Crippen molar-refractivity contribution >= 4 is 34.7 Å². The number of rotatable bonds is 3. The number of fused-ring (bicyclic) bond motifs is 1. The summed E-state index contributed by atoms with van der Waals surface area (Å²) in [5.41, 5.74) is 0.712. The monoisotopic (exact) mass is 364 g/mol. The first-order valence-electron chi connectivity index (χ1n) is 7.21. The van der Waals surface area contributed by atoms with Crippen LogP contribution in [0.1, 0.15) is 20.1 Å². The summed E-state index contributed by atoms with van der Waals surface area (Å²) >= 11 is 6.00. The number of esters is 2. The molecule has 4 unspecified atom stereocenters. The number of halogens is 1. The molecule has 1 fully saturated rings. The van der Waals surface area contributed by atoms with E-state index in [0.29, 0.717) is 11.2 Å². The zero-order valence-corrected chi connectivity index (χ0v) is 14.0. The van der Waals surface area contributed by atoms with Crippen LogP contribution in [0, 0.1) is 12.3 Å². The largest absolute Gasteiger partial charge is 0.455 e. The lowest BCUT2D eigenvalue weighted by Crippen LogP contribution is -2.38. The summed E-state index contributed by atoms with van der Waals surface area (Å²) in [4.78, 5) is 35.0. The lowest BCUT2D eigenvalue weighted by molar-refractivity contribution is -0.165. The third kappa shape index (κ3) is 3.14. The topological polar surface area (TPSA) is 105 Å². The standard InChI is InChI=1S/C15H13ClN4O5/c1-4-9-11(23-7(2)21)12(24-8(3)22)15(25-9)20-6-19-10-13(16)17-5-18-14(10)20/h1,5-6,9,11-12,15H,2-3H3. The average Bonchev–Trinajstić information content (AvgIpc) is 3.10. The van der Waals surface area contributed by atoms with Gasteiger partial charge >= 0.3 is 11.9 Å².